The van der Waals surface area contributed by atoms with Crippen molar-refractivity contribution in [1.82, 2.24) is 19.9 Å². The van der Waals surface area contributed by atoms with Gasteiger partial charge in [0, 0.05) is 42.5 Å². The molecule has 0 amide bonds. The van der Waals surface area contributed by atoms with Crippen LogP contribution in [0.15, 0.2) is 47.3 Å². The predicted molar refractivity (Wildman–Crippen MR) is 130 cm³/mol. The lowest BCUT2D eigenvalue weighted by atomic mass is 10.0. The molecular formula is C25H30N6O2. The van der Waals surface area contributed by atoms with Crippen LogP contribution >= 0.6 is 0 Å². The van der Waals surface area contributed by atoms with Crippen LogP contribution < -0.4 is 15.8 Å². The van der Waals surface area contributed by atoms with Gasteiger partial charge >= 0.3 is 0 Å². The van der Waals surface area contributed by atoms with Gasteiger partial charge in [0.1, 0.15) is 11.6 Å². The van der Waals surface area contributed by atoms with Crippen molar-refractivity contribution >= 4 is 17.3 Å². The summed E-state index contributed by atoms with van der Waals surface area (Å²) in [6, 6.07) is 13.4. The van der Waals surface area contributed by atoms with Crippen molar-refractivity contribution in [2.45, 2.75) is 32.9 Å². The van der Waals surface area contributed by atoms with Gasteiger partial charge in [-0.2, -0.15) is 0 Å². The zero-order valence-corrected chi connectivity index (χ0v) is 19.2. The van der Waals surface area contributed by atoms with Gasteiger partial charge in [-0.05, 0) is 50.2 Å². The number of morpholine rings is 1. The van der Waals surface area contributed by atoms with Crippen LogP contribution in [0.5, 0.6) is 0 Å². The summed E-state index contributed by atoms with van der Waals surface area (Å²) in [7, 11) is 0. The Bertz CT molecular complexity index is 1180. The van der Waals surface area contributed by atoms with E-state index in [0.29, 0.717) is 5.82 Å². The molecule has 1 atom stereocenters. The van der Waals surface area contributed by atoms with E-state index in [1.165, 1.54) is 11.6 Å². The SMILES string of the molecule is CCN1CCc2c(nc(-c3ccc(Nc4cccc(=O)[nH]4)cc3)nc2N2CCOCC2C)C1. The van der Waals surface area contributed by atoms with Crippen LogP contribution in [-0.2, 0) is 17.7 Å². The Labute approximate surface area is 193 Å². The Morgan fingerprint density at radius 3 is 2.76 bits per heavy atom. The molecule has 4 heterocycles. The van der Waals surface area contributed by atoms with Gasteiger partial charge in [0.05, 0.1) is 24.9 Å². The number of anilines is 3. The smallest absolute Gasteiger partial charge is 0.249 e. The highest BCUT2D eigenvalue weighted by Crippen LogP contribution is 2.31. The summed E-state index contributed by atoms with van der Waals surface area (Å²) in [6.07, 6.45) is 0.973. The molecule has 0 bridgehead atoms. The van der Waals surface area contributed by atoms with Crippen LogP contribution in [0, 0.1) is 0 Å². The van der Waals surface area contributed by atoms with Gasteiger partial charge in [0.15, 0.2) is 5.82 Å². The number of nitrogens with one attached hydrogen (secondary N) is 2. The van der Waals surface area contributed by atoms with E-state index >= 15 is 0 Å². The number of nitrogens with zero attached hydrogens (tertiary/aromatic N) is 4. The van der Waals surface area contributed by atoms with Crippen molar-refractivity contribution in [2.75, 3.05) is 43.1 Å². The molecule has 0 radical (unpaired) electrons. The number of rotatable bonds is 5. The maximum atomic E-state index is 11.5. The minimum Gasteiger partial charge on any atom is -0.377 e. The Hall–Kier alpha value is -3.23. The molecule has 0 spiro atoms. The van der Waals surface area contributed by atoms with Gasteiger partial charge in [0.2, 0.25) is 5.56 Å². The number of ether oxygens (including phenoxy) is 1. The Balaban J connectivity index is 1.48. The van der Waals surface area contributed by atoms with E-state index in [4.69, 9.17) is 14.7 Å². The maximum Gasteiger partial charge on any atom is 0.249 e. The molecule has 1 saturated heterocycles. The molecule has 0 aliphatic carbocycles. The second-order valence-electron chi connectivity index (χ2n) is 8.66. The summed E-state index contributed by atoms with van der Waals surface area (Å²) >= 11 is 0. The number of hydrogen-bond acceptors (Lipinski definition) is 7. The average Bonchev–Trinajstić information content (AvgIpc) is 2.84. The van der Waals surface area contributed by atoms with Crippen LogP contribution in [0.4, 0.5) is 17.3 Å². The van der Waals surface area contributed by atoms with Gasteiger partial charge in [-0.25, -0.2) is 9.97 Å². The lowest BCUT2D eigenvalue weighted by molar-refractivity contribution is 0.0983. The van der Waals surface area contributed by atoms with Gasteiger partial charge in [-0.15, -0.1) is 0 Å². The second kappa shape index (κ2) is 9.33. The standard InChI is InChI=1S/C25H30N6O2/c1-3-30-12-11-20-21(15-30)27-24(29-25(20)31-13-14-33-16-17(31)2)18-7-9-19(10-8-18)26-22-5-4-6-23(32)28-22/h4-10,17H,3,11-16H2,1-2H3,(H2,26,28,32). The summed E-state index contributed by atoms with van der Waals surface area (Å²) in [5.41, 5.74) is 4.14. The van der Waals surface area contributed by atoms with Crippen molar-refractivity contribution in [3.05, 3.63) is 64.1 Å². The van der Waals surface area contributed by atoms with Crippen LogP contribution in [0.2, 0.25) is 0 Å². The molecule has 1 unspecified atom stereocenters. The topological polar surface area (TPSA) is 86.4 Å². The number of hydrogen-bond donors (Lipinski definition) is 2. The molecular weight excluding hydrogens is 416 g/mol. The largest absolute Gasteiger partial charge is 0.377 e. The maximum absolute atomic E-state index is 11.5. The third-order valence-electron chi connectivity index (χ3n) is 6.40. The highest BCUT2D eigenvalue weighted by Gasteiger charge is 2.28. The van der Waals surface area contributed by atoms with Crippen molar-refractivity contribution in [3.63, 3.8) is 0 Å². The Morgan fingerprint density at radius 2 is 2.00 bits per heavy atom. The number of H-pyrrole nitrogens is 1. The third kappa shape index (κ3) is 4.62. The van der Waals surface area contributed by atoms with E-state index in [0.717, 1.165) is 74.4 Å². The number of pyridine rings is 1. The molecule has 2 aliphatic rings. The molecule has 2 aromatic heterocycles. The Kier molecular flexibility index (Phi) is 6.11. The van der Waals surface area contributed by atoms with Crippen molar-refractivity contribution in [3.8, 4) is 11.4 Å². The fourth-order valence-electron chi connectivity index (χ4n) is 4.52. The first-order valence-electron chi connectivity index (χ1n) is 11.6. The zero-order valence-electron chi connectivity index (χ0n) is 19.2. The summed E-state index contributed by atoms with van der Waals surface area (Å²) < 4.78 is 5.67. The molecule has 8 heteroatoms. The third-order valence-corrected chi connectivity index (χ3v) is 6.40. The normalized spacial score (nSPS) is 18.7. The molecule has 5 rings (SSSR count). The van der Waals surface area contributed by atoms with E-state index in [1.807, 2.05) is 30.3 Å². The van der Waals surface area contributed by atoms with Crippen LogP contribution in [0.25, 0.3) is 11.4 Å². The van der Waals surface area contributed by atoms with E-state index in [2.05, 4.69) is 33.9 Å². The summed E-state index contributed by atoms with van der Waals surface area (Å²) in [4.78, 5) is 29.2. The fourth-order valence-corrected chi connectivity index (χ4v) is 4.52. The first-order chi connectivity index (χ1) is 16.1. The average molecular weight is 447 g/mol. The van der Waals surface area contributed by atoms with Gasteiger partial charge in [0.25, 0.3) is 0 Å². The summed E-state index contributed by atoms with van der Waals surface area (Å²) in [5.74, 6) is 2.47. The molecule has 1 aromatic carbocycles. The van der Waals surface area contributed by atoms with E-state index in [9.17, 15) is 4.79 Å². The number of benzene rings is 1. The number of aromatic nitrogens is 3. The fraction of sp³-hybridized carbons (Fsp3) is 0.400. The van der Waals surface area contributed by atoms with Gasteiger partial charge < -0.3 is 19.9 Å². The summed E-state index contributed by atoms with van der Waals surface area (Å²) in [5, 5.41) is 3.23. The Morgan fingerprint density at radius 1 is 1.15 bits per heavy atom. The summed E-state index contributed by atoms with van der Waals surface area (Å²) in [6.45, 7) is 9.60. The molecule has 0 saturated carbocycles. The second-order valence-corrected chi connectivity index (χ2v) is 8.66. The monoisotopic (exact) mass is 446 g/mol. The minimum absolute atomic E-state index is 0.134. The first kappa shape index (κ1) is 21.6. The lowest BCUT2D eigenvalue weighted by Crippen LogP contribution is -2.45. The molecule has 8 nitrogen and oxygen atoms in total. The molecule has 172 valence electrons. The highest BCUT2D eigenvalue weighted by atomic mass is 16.5. The van der Waals surface area contributed by atoms with E-state index < -0.39 is 0 Å². The van der Waals surface area contributed by atoms with Crippen molar-refractivity contribution in [1.29, 1.82) is 0 Å². The van der Waals surface area contributed by atoms with Gasteiger partial charge in [-0.3, -0.25) is 9.69 Å². The zero-order chi connectivity index (χ0) is 22.8. The van der Waals surface area contributed by atoms with Crippen LogP contribution in [0.1, 0.15) is 25.1 Å². The molecule has 2 aliphatic heterocycles. The molecule has 1 fully saturated rings. The van der Waals surface area contributed by atoms with Crippen molar-refractivity contribution in [2.24, 2.45) is 0 Å². The highest BCUT2D eigenvalue weighted by molar-refractivity contribution is 5.65. The van der Waals surface area contributed by atoms with E-state index in [1.54, 1.807) is 6.07 Å². The quantitative estimate of drug-likeness (QED) is 0.623. The van der Waals surface area contributed by atoms with Gasteiger partial charge in [-0.1, -0.05) is 13.0 Å². The van der Waals surface area contributed by atoms with Crippen molar-refractivity contribution < 1.29 is 4.74 Å². The molecule has 33 heavy (non-hydrogen) atoms. The number of aromatic amines is 1. The van der Waals surface area contributed by atoms with Crippen LogP contribution in [-0.4, -0.2) is 58.7 Å². The lowest BCUT2D eigenvalue weighted by Gasteiger charge is -2.37. The number of likely N-dealkylation sites (N-methyl/N-ethyl adjacent to an activating group) is 1. The predicted octanol–water partition coefficient (Wildman–Crippen LogP) is 3.18. The number of fused-ring (bicyclic) bond motifs is 1. The molecule has 3 aromatic rings. The molecule has 2 N–H and O–H groups in total. The van der Waals surface area contributed by atoms with E-state index in [-0.39, 0.29) is 11.6 Å². The first-order valence-corrected chi connectivity index (χ1v) is 11.6. The van der Waals surface area contributed by atoms with Crippen LogP contribution in [0.3, 0.4) is 0 Å². The minimum atomic E-state index is -0.134.